The summed E-state index contributed by atoms with van der Waals surface area (Å²) in [6.45, 7) is 3.08. The van der Waals surface area contributed by atoms with Crippen molar-refractivity contribution in [2.75, 3.05) is 26.7 Å². The number of likely N-dealkylation sites (tertiary alicyclic amines) is 1. The zero-order valence-corrected chi connectivity index (χ0v) is 15.7. The van der Waals surface area contributed by atoms with Crippen molar-refractivity contribution < 1.29 is 32.2 Å². The summed E-state index contributed by atoms with van der Waals surface area (Å²) in [7, 11) is 1.26. The number of alkyl carbamates (subject to hydrolysis) is 1. The second-order valence-electron chi connectivity index (χ2n) is 7.33. The summed E-state index contributed by atoms with van der Waals surface area (Å²) in [5, 5.41) is 2.55. The van der Waals surface area contributed by atoms with Crippen LogP contribution in [0.15, 0.2) is 24.3 Å². The molecule has 2 aliphatic rings. The minimum Gasteiger partial charge on any atom is -0.453 e. The van der Waals surface area contributed by atoms with Crippen molar-refractivity contribution in [2.24, 2.45) is 11.8 Å². The smallest absolute Gasteiger partial charge is 0.453 e. The molecular formula is C19H23F3N2O4. The molecule has 1 saturated carbocycles. The van der Waals surface area contributed by atoms with E-state index in [1.807, 2.05) is 6.92 Å². The topological polar surface area (TPSA) is 67.9 Å². The fraction of sp³-hybridized carbons (Fsp3) is 0.579. The minimum absolute atomic E-state index is 0.0619. The van der Waals surface area contributed by atoms with Crippen LogP contribution in [0.5, 0.6) is 5.75 Å². The molecule has 154 valence electrons. The molecule has 6 nitrogen and oxygen atoms in total. The Morgan fingerprint density at radius 1 is 1.39 bits per heavy atom. The SMILES string of the molecule is CCC(CNC(=O)OC)C(=O)N1CC2CC2(c2cccc(OC(F)(F)F)c2)C1. The van der Waals surface area contributed by atoms with Crippen molar-refractivity contribution in [2.45, 2.75) is 31.5 Å². The Morgan fingerprint density at radius 2 is 2.14 bits per heavy atom. The zero-order valence-electron chi connectivity index (χ0n) is 15.7. The number of methoxy groups -OCH3 is 1. The third-order valence-corrected chi connectivity index (χ3v) is 5.62. The molecule has 1 heterocycles. The molecule has 1 aliphatic heterocycles. The summed E-state index contributed by atoms with van der Waals surface area (Å²) >= 11 is 0. The molecule has 1 aromatic carbocycles. The van der Waals surface area contributed by atoms with Crippen molar-refractivity contribution in [1.82, 2.24) is 10.2 Å². The fourth-order valence-electron chi connectivity index (χ4n) is 4.04. The lowest BCUT2D eigenvalue weighted by Gasteiger charge is -2.26. The number of benzene rings is 1. The average Bonchev–Trinajstić information content (AvgIpc) is 3.22. The number of carbonyl (C=O) groups excluding carboxylic acids is 2. The first kappa shape index (κ1) is 20.3. The maximum atomic E-state index is 12.8. The average molecular weight is 400 g/mol. The monoisotopic (exact) mass is 400 g/mol. The van der Waals surface area contributed by atoms with Crippen molar-refractivity contribution >= 4 is 12.0 Å². The summed E-state index contributed by atoms with van der Waals surface area (Å²) < 4.78 is 46.0. The molecule has 2 fully saturated rings. The summed E-state index contributed by atoms with van der Waals surface area (Å²) in [5.41, 5.74) is 0.449. The number of ether oxygens (including phenoxy) is 2. The van der Waals surface area contributed by atoms with E-state index >= 15 is 0 Å². The van der Waals surface area contributed by atoms with Crippen LogP contribution in [-0.2, 0) is 14.9 Å². The van der Waals surface area contributed by atoms with E-state index in [0.717, 1.165) is 12.0 Å². The highest BCUT2D eigenvalue weighted by Gasteiger charge is 2.61. The first-order valence-corrected chi connectivity index (χ1v) is 9.15. The Balaban J connectivity index is 1.67. The number of rotatable bonds is 6. The molecule has 1 saturated heterocycles. The first-order chi connectivity index (χ1) is 13.2. The number of fused-ring (bicyclic) bond motifs is 1. The number of piperidine rings is 1. The first-order valence-electron chi connectivity index (χ1n) is 9.15. The Hall–Kier alpha value is -2.45. The third kappa shape index (κ3) is 4.18. The fourth-order valence-corrected chi connectivity index (χ4v) is 4.04. The molecule has 0 spiro atoms. The van der Waals surface area contributed by atoms with E-state index in [0.29, 0.717) is 19.5 Å². The summed E-state index contributed by atoms with van der Waals surface area (Å²) in [4.78, 5) is 25.8. The van der Waals surface area contributed by atoms with Gasteiger partial charge in [-0.05, 0) is 36.5 Å². The molecule has 1 N–H and O–H groups in total. The second-order valence-corrected chi connectivity index (χ2v) is 7.33. The van der Waals surface area contributed by atoms with Crippen molar-refractivity contribution in [3.8, 4) is 5.75 Å². The molecule has 1 aliphatic carbocycles. The minimum atomic E-state index is -4.74. The van der Waals surface area contributed by atoms with Gasteiger partial charge < -0.3 is 19.7 Å². The molecule has 3 atom stereocenters. The standard InChI is InChI=1S/C19H23F3N2O4/c1-3-12(9-23-17(26)27-2)16(25)24-10-14-8-18(14,11-24)13-5-4-6-15(7-13)28-19(20,21)22/h4-7,12,14H,3,8-11H2,1-2H3,(H,23,26). The number of hydrogen-bond donors (Lipinski definition) is 1. The van der Waals surface area contributed by atoms with Gasteiger partial charge in [0, 0.05) is 25.0 Å². The van der Waals surface area contributed by atoms with E-state index in [1.54, 1.807) is 17.0 Å². The molecule has 0 bridgehead atoms. The van der Waals surface area contributed by atoms with Gasteiger partial charge in [0.05, 0.1) is 13.0 Å². The van der Waals surface area contributed by atoms with Crippen LogP contribution in [0.25, 0.3) is 0 Å². The lowest BCUT2D eigenvalue weighted by Crippen LogP contribution is -2.42. The van der Waals surface area contributed by atoms with Crippen LogP contribution in [0.1, 0.15) is 25.3 Å². The number of hydrogen-bond acceptors (Lipinski definition) is 4. The Bertz CT molecular complexity index is 755. The van der Waals surface area contributed by atoms with Gasteiger partial charge in [0.1, 0.15) is 5.75 Å². The van der Waals surface area contributed by atoms with Gasteiger partial charge in [-0.2, -0.15) is 0 Å². The lowest BCUT2D eigenvalue weighted by molar-refractivity contribution is -0.274. The quantitative estimate of drug-likeness (QED) is 0.797. The number of halogens is 3. The van der Waals surface area contributed by atoms with Crippen LogP contribution in [0.4, 0.5) is 18.0 Å². The van der Waals surface area contributed by atoms with Crippen LogP contribution in [-0.4, -0.2) is 50.0 Å². The number of nitrogens with one attached hydrogen (secondary N) is 1. The number of amides is 2. The molecular weight excluding hydrogens is 377 g/mol. The highest BCUT2D eigenvalue weighted by Crippen LogP contribution is 2.59. The number of alkyl halides is 3. The highest BCUT2D eigenvalue weighted by atomic mass is 19.4. The van der Waals surface area contributed by atoms with Gasteiger partial charge in [-0.15, -0.1) is 13.2 Å². The maximum Gasteiger partial charge on any atom is 0.573 e. The van der Waals surface area contributed by atoms with Gasteiger partial charge in [-0.1, -0.05) is 19.1 Å². The molecule has 0 aromatic heterocycles. The largest absolute Gasteiger partial charge is 0.573 e. The predicted octanol–water partition coefficient (Wildman–Crippen LogP) is 3.07. The Kier molecular flexibility index (Phi) is 5.45. The molecule has 28 heavy (non-hydrogen) atoms. The number of carbonyl (C=O) groups is 2. The van der Waals surface area contributed by atoms with Gasteiger partial charge in [-0.25, -0.2) is 4.79 Å². The second kappa shape index (κ2) is 7.52. The molecule has 9 heteroatoms. The molecule has 0 radical (unpaired) electrons. The van der Waals surface area contributed by atoms with Crippen molar-refractivity contribution in [3.05, 3.63) is 29.8 Å². The molecule has 3 unspecified atom stereocenters. The molecule has 3 rings (SSSR count). The van der Waals surface area contributed by atoms with Gasteiger partial charge >= 0.3 is 12.5 Å². The maximum absolute atomic E-state index is 12.8. The predicted molar refractivity (Wildman–Crippen MR) is 93.7 cm³/mol. The van der Waals surface area contributed by atoms with E-state index in [2.05, 4.69) is 14.8 Å². The van der Waals surface area contributed by atoms with Crippen LogP contribution >= 0.6 is 0 Å². The molecule has 1 aromatic rings. The number of nitrogens with zero attached hydrogens (tertiary/aromatic N) is 1. The summed E-state index contributed by atoms with van der Waals surface area (Å²) in [6.07, 6.45) is -3.93. The van der Waals surface area contributed by atoms with Crippen LogP contribution in [0.3, 0.4) is 0 Å². The van der Waals surface area contributed by atoms with Crippen molar-refractivity contribution in [1.29, 1.82) is 0 Å². The highest BCUT2D eigenvalue weighted by molar-refractivity contribution is 5.80. The van der Waals surface area contributed by atoms with Gasteiger partial charge in [-0.3, -0.25) is 4.79 Å². The van der Waals surface area contributed by atoms with E-state index in [9.17, 15) is 22.8 Å². The Labute approximate surface area is 161 Å². The summed E-state index contributed by atoms with van der Waals surface area (Å²) in [6, 6.07) is 6.01. The van der Waals surface area contributed by atoms with Crippen molar-refractivity contribution in [3.63, 3.8) is 0 Å². The van der Waals surface area contributed by atoms with Crippen LogP contribution in [0.2, 0.25) is 0 Å². The van der Waals surface area contributed by atoms with Gasteiger partial charge in [0.25, 0.3) is 0 Å². The van der Waals surface area contributed by atoms with Gasteiger partial charge in [0.2, 0.25) is 5.91 Å². The Morgan fingerprint density at radius 3 is 2.79 bits per heavy atom. The van der Waals surface area contributed by atoms with E-state index < -0.39 is 12.5 Å². The normalized spacial score (nSPS) is 24.3. The van der Waals surface area contributed by atoms with Crippen LogP contribution in [0, 0.1) is 11.8 Å². The van der Waals surface area contributed by atoms with Gasteiger partial charge in [0.15, 0.2) is 0 Å². The summed E-state index contributed by atoms with van der Waals surface area (Å²) in [5.74, 6) is -0.450. The third-order valence-electron chi connectivity index (χ3n) is 5.62. The lowest BCUT2D eigenvalue weighted by atomic mass is 9.94. The van der Waals surface area contributed by atoms with Crippen LogP contribution < -0.4 is 10.1 Å². The zero-order chi connectivity index (χ0) is 20.5. The van der Waals surface area contributed by atoms with E-state index in [1.165, 1.54) is 19.2 Å². The molecule has 2 amide bonds. The van der Waals surface area contributed by atoms with E-state index in [-0.39, 0.29) is 35.5 Å². The van der Waals surface area contributed by atoms with E-state index in [4.69, 9.17) is 0 Å².